The molecule has 0 aliphatic carbocycles. The van der Waals surface area contributed by atoms with Crippen LogP contribution in [0.1, 0.15) is 2.74 Å². The molecule has 68 valence electrons. The Kier molecular flexibility index (Phi) is 1.27. The smallest absolute Gasteiger partial charge is 0.136 e. The molecule has 0 bridgehead atoms. The number of benzene rings is 2. The van der Waals surface area contributed by atoms with Gasteiger partial charge in [-0.05, 0) is 18.2 Å². The summed E-state index contributed by atoms with van der Waals surface area (Å²) < 4.78 is 21.7. The van der Waals surface area contributed by atoms with Gasteiger partial charge in [-0.3, -0.25) is 0 Å². The largest absolute Gasteiger partial charge is 0.456 e. The van der Waals surface area contributed by atoms with Crippen LogP contribution in [0, 0.1) is 0 Å². The summed E-state index contributed by atoms with van der Waals surface area (Å²) in [6.45, 7) is 0. The minimum absolute atomic E-state index is 0.422. The van der Waals surface area contributed by atoms with Crippen molar-refractivity contribution in [2.75, 3.05) is 0 Å². The monoisotopic (exact) mass is 248 g/mol. The molecule has 0 unspecified atom stereocenters. The lowest BCUT2D eigenvalue weighted by atomic mass is 10.2. The van der Waals surface area contributed by atoms with E-state index in [1.54, 1.807) is 30.3 Å². The first-order valence-electron chi connectivity index (χ1n) is 5.25. The van der Waals surface area contributed by atoms with Crippen molar-refractivity contribution >= 4 is 37.9 Å². The molecular weight excluding hydrogens is 240 g/mol. The fraction of sp³-hybridized carbons (Fsp3) is 0. The molecule has 0 spiro atoms. The lowest BCUT2D eigenvalue weighted by Crippen LogP contribution is -1.67. The van der Waals surface area contributed by atoms with E-state index in [1.165, 1.54) is 0 Å². The molecule has 2 aromatic carbocycles. The fourth-order valence-electron chi connectivity index (χ4n) is 1.61. The quantitative estimate of drug-likeness (QED) is 0.577. The maximum atomic E-state index is 7.73. The highest BCUT2D eigenvalue weighted by Gasteiger charge is 2.07. The lowest BCUT2D eigenvalue weighted by Gasteiger charge is -1.91. The molecule has 0 aliphatic rings. The van der Waals surface area contributed by atoms with Crippen LogP contribution in [0.3, 0.4) is 0 Å². The van der Waals surface area contributed by atoms with Crippen molar-refractivity contribution in [3.8, 4) is 0 Å². The Hall–Kier alpha value is -1.28. The van der Waals surface area contributed by atoms with Crippen LogP contribution in [-0.2, 0) is 0 Å². The highest BCUT2D eigenvalue weighted by atomic mass is 79.9. The third-order valence-electron chi connectivity index (χ3n) is 2.22. The minimum Gasteiger partial charge on any atom is -0.456 e. The summed E-state index contributed by atoms with van der Waals surface area (Å²) in [5.74, 6) is 0. The molecule has 3 rings (SSSR count). The van der Waals surface area contributed by atoms with E-state index >= 15 is 0 Å². The highest BCUT2D eigenvalue weighted by Crippen LogP contribution is 2.33. The predicted octanol–water partition coefficient (Wildman–Crippen LogP) is 4.35. The molecule has 3 aromatic rings. The lowest BCUT2D eigenvalue weighted by molar-refractivity contribution is 0.669. The maximum Gasteiger partial charge on any atom is 0.136 e. The van der Waals surface area contributed by atoms with Gasteiger partial charge in [-0.25, -0.2) is 0 Å². The number of furan rings is 1. The molecule has 1 heterocycles. The van der Waals surface area contributed by atoms with Gasteiger partial charge in [-0.2, -0.15) is 0 Å². The molecule has 0 N–H and O–H groups in total. The van der Waals surface area contributed by atoms with Crippen molar-refractivity contribution in [3.63, 3.8) is 0 Å². The molecule has 0 saturated carbocycles. The van der Waals surface area contributed by atoms with Crippen LogP contribution < -0.4 is 0 Å². The molecule has 0 amide bonds. The summed E-state index contributed by atoms with van der Waals surface area (Å²) in [5, 5.41) is 1.75. The van der Waals surface area contributed by atoms with E-state index in [4.69, 9.17) is 7.16 Å². The molecule has 0 aliphatic heterocycles. The Morgan fingerprint density at radius 1 is 1.14 bits per heavy atom. The first-order chi connectivity index (χ1) is 7.66. The van der Waals surface area contributed by atoms with E-state index in [0.717, 1.165) is 21.9 Å². The molecule has 0 fully saturated rings. The van der Waals surface area contributed by atoms with Crippen LogP contribution in [0.5, 0.6) is 0 Å². The number of rotatable bonds is 0. The molecular formula is C12H7BrO. The van der Waals surface area contributed by atoms with Crippen LogP contribution in [0.25, 0.3) is 21.9 Å². The van der Waals surface area contributed by atoms with Gasteiger partial charge in [0.25, 0.3) is 0 Å². The van der Waals surface area contributed by atoms with Gasteiger partial charge in [-0.1, -0.05) is 40.2 Å². The Morgan fingerprint density at radius 2 is 2.00 bits per heavy atom. The molecule has 1 aromatic heterocycles. The van der Waals surface area contributed by atoms with Gasteiger partial charge >= 0.3 is 0 Å². The second-order valence-electron chi connectivity index (χ2n) is 3.06. The zero-order valence-corrected chi connectivity index (χ0v) is 8.76. The highest BCUT2D eigenvalue weighted by molar-refractivity contribution is 9.10. The molecule has 14 heavy (non-hydrogen) atoms. The third kappa shape index (κ3) is 1.01. The van der Waals surface area contributed by atoms with Gasteiger partial charge in [0, 0.05) is 15.2 Å². The van der Waals surface area contributed by atoms with Crippen molar-refractivity contribution in [1.29, 1.82) is 0 Å². The molecule has 2 heteroatoms. The van der Waals surface area contributed by atoms with Gasteiger partial charge < -0.3 is 4.42 Å². The van der Waals surface area contributed by atoms with E-state index in [2.05, 4.69) is 15.9 Å². The Labute approximate surface area is 92.3 Å². The summed E-state index contributed by atoms with van der Waals surface area (Å²) in [6, 6.07) is 9.57. The number of para-hydroxylation sites is 1. The Morgan fingerprint density at radius 3 is 2.93 bits per heavy atom. The van der Waals surface area contributed by atoms with E-state index in [-0.39, 0.29) is 0 Å². The summed E-state index contributed by atoms with van der Waals surface area (Å²) in [4.78, 5) is 0. The zero-order valence-electron chi connectivity index (χ0n) is 9.17. The number of hydrogen-bond acceptors (Lipinski definition) is 1. The van der Waals surface area contributed by atoms with Gasteiger partial charge in [0.1, 0.15) is 11.2 Å². The van der Waals surface area contributed by atoms with Crippen LogP contribution in [0.4, 0.5) is 0 Å². The van der Waals surface area contributed by atoms with E-state index in [9.17, 15) is 0 Å². The van der Waals surface area contributed by atoms with Crippen molar-refractivity contribution in [1.82, 2.24) is 0 Å². The predicted molar refractivity (Wildman–Crippen MR) is 61.4 cm³/mol. The van der Waals surface area contributed by atoms with Crippen LogP contribution in [0.2, 0.25) is 0 Å². The zero-order chi connectivity index (χ0) is 11.3. The van der Waals surface area contributed by atoms with Crippen LogP contribution in [0.15, 0.2) is 51.3 Å². The van der Waals surface area contributed by atoms with Gasteiger partial charge in [0.05, 0.1) is 2.74 Å². The fourth-order valence-corrected chi connectivity index (χ4v) is 2.15. The topological polar surface area (TPSA) is 13.1 Å². The van der Waals surface area contributed by atoms with Gasteiger partial charge in [0.15, 0.2) is 0 Å². The first-order valence-corrected chi connectivity index (χ1v) is 5.04. The SMILES string of the molecule is [2H]c1ccc2oc3ccc([2H])c(Br)c3c2c1. The summed E-state index contributed by atoms with van der Waals surface area (Å²) in [7, 11) is 0. The van der Waals surface area contributed by atoms with Crippen molar-refractivity contribution in [2.45, 2.75) is 0 Å². The molecule has 0 saturated heterocycles. The second kappa shape index (κ2) is 2.85. The Balaban J connectivity index is 2.60. The van der Waals surface area contributed by atoms with E-state index < -0.39 is 0 Å². The third-order valence-corrected chi connectivity index (χ3v) is 2.85. The van der Waals surface area contributed by atoms with Gasteiger partial charge in [-0.15, -0.1) is 0 Å². The Bertz CT molecular complexity index is 703. The van der Waals surface area contributed by atoms with E-state index in [1.807, 2.05) is 0 Å². The van der Waals surface area contributed by atoms with Crippen molar-refractivity contribution in [3.05, 3.63) is 46.9 Å². The molecule has 0 atom stereocenters. The number of hydrogen-bond donors (Lipinski definition) is 0. The minimum atomic E-state index is 0.422. The van der Waals surface area contributed by atoms with Crippen molar-refractivity contribution in [2.24, 2.45) is 0 Å². The van der Waals surface area contributed by atoms with Gasteiger partial charge in [0.2, 0.25) is 0 Å². The van der Waals surface area contributed by atoms with Crippen molar-refractivity contribution < 1.29 is 7.16 Å². The number of halogens is 1. The van der Waals surface area contributed by atoms with Crippen LogP contribution in [-0.4, -0.2) is 0 Å². The standard InChI is InChI=1S/C12H7BrO/c13-9-5-3-7-11-12(9)8-4-1-2-6-10(8)14-11/h1-7H/i1D,5D. The first kappa shape index (κ1) is 6.25. The summed E-state index contributed by atoms with van der Waals surface area (Å²) in [6.07, 6.45) is 0. The maximum absolute atomic E-state index is 7.73. The molecule has 1 nitrogen and oxygen atoms in total. The number of fused-ring (bicyclic) bond motifs is 3. The summed E-state index contributed by atoms with van der Waals surface area (Å²) >= 11 is 3.40. The normalized spacial score (nSPS) is 13.2. The average Bonchev–Trinajstić information content (AvgIpc) is 2.62. The molecule has 0 radical (unpaired) electrons. The summed E-state index contributed by atoms with van der Waals surface area (Å²) in [5.41, 5.74) is 1.49. The average molecular weight is 249 g/mol. The van der Waals surface area contributed by atoms with Crippen LogP contribution >= 0.6 is 15.9 Å². The second-order valence-corrected chi connectivity index (χ2v) is 3.85. The van der Waals surface area contributed by atoms with E-state index in [0.29, 0.717) is 16.6 Å².